The van der Waals surface area contributed by atoms with Crippen molar-refractivity contribution in [3.05, 3.63) is 64.1 Å². The zero-order chi connectivity index (χ0) is 12.3. The normalized spacial score (nSPS) is 11.6. The Bertz CT molecular complexity index is 532. The summed E-state index contributed by atoms with van der Waals surface area (Å²) in [6.45, 7) is 0. The van der Waals surface area contributed by atoms with Crippen LogP contribution in [0, 0.1) is 0 Å². The van der Waals surface area contributed by atoms with Gasteiger partial charge in [-0.05, 0) is 12.1 Å². The van der Waals surface area contributed by atoms with Gasteiger partial charge in [0.25, 0.3) is 0 Å². The third kappa shape index (κ3) is 3.08. The Labute approximate surface area is 111 Å². The van der Waals surface area contributed by atoms with Crippen LogP contribution >= 0.6 is 31.4 Å². The van der Waals surface area contributed by atoms with Crippen LogP contribution in [0.5, 0.6) is 0 Å². The molecule has 0 heterocycles. The lowest BCUT2D eigenvalue weighted by Gasteiger charge is -2.15. The van der Waals surface area contributed by atoms with Crippen molar-refractivity contribution in [2.45, 2.75) is 0 Å². The van der Waals surface area contributed by atoms with Crippen molar-refractivity contribution < 1.29 is 5.11 Å². The van der Waals surface area contributed by atoms with E-state index < -0.39 is 0 Å². The van der Waals surface area contributed by atoms with Gasteiger partial charge >= 0.3 is 0 Å². The van der Waals surface area contributed by atoms with E-state index in [2.05, 4.69) is 0 Å². The maximum absolute atomic E-state index is 12.1. The van der Waals surface area contributed by atoms with E-state index in [-0.39, 0.29) is 5.48 Å². The molecule has 0 radical (unpaired) electrons. The molecule has 0 bridgehead atoms. The summed E-state index contributed by atoms with van der Waals surface area (Å²) < 4.78 is 0. The van der Waals surface area contributed by atoms with E-state index in [1.54, 1.807) is 18.2 Å². The van der Waals surface area contributed by atoms with Crippen molar-refractivity contribution in [3.8, 4) is 0 Å². The topological polar surface area (TPSA) is 23.1 Å². The SMILES string of the molecule is [O-]C(=Pc1ccccc1)c1c(Cl)cccc1Cl. The zero-order valence-electron chi connectivity index (χ0n) is 8.73. The highest BCUT2D eigenvalue weighted by molar-refractivity contribution is 7.49. The molecule has 4 heteroatoms. The van der Waals surface area contributed by atoms with Gasteiger partial charge in [0.15, 0.2) is 0 Å². The summed E-state index contributed by atoms with van der Waals surface area (Å²) >= 11 is 12.0. The Morgan fingerprint density at radius 2 is 1.47 bits per heavy atom. The predicted molar refractivity (Wildman–Crippen MR) is 73.6 cm³/mol. The molecular weight excluding hydrogens is 274 g/mol. The molecule has 2 aromatic carbocycles. The van der Waals surface area contributed by atoms with Crippen LogP contribution in [-0.4, -0.2) is 5.48 Å². The Kier molecular flexibility index (Phi) is 4.20. The molecule has 0 amide bonds. The summed E-state index contributed by atoms with van der Waals surface area (Å²) in [4.78, 5) is 0. The molecule has 2 aromatic rings. The van der Waals surface area contributed by atoms with Gasteiger partial charge < -0.3 is 5.11 Å². The molecule has 0 atom stereocenters. The molecule has 1 nitrogen and oxygen atoms in total. The molecule has 0 aliphatic carbocycles. The smallest absolute Gasteiger partial charge is 0.0486 e. The van der Waals surface area contributed by atoms with Gasteiger partial charge in [-0.2, -0.15) is 0 Å². The third-order valence-corrected chi connectivity index (χ3v) is 3.78. The molecule has 0 aliphatic heterocycles. The van der Waals surface area contributed by atoms with Gasteiger partial charge in [-0.1, -0.05) is 67.8 Å². The van der Waals surface area contributed by atoms with Crippen molar-refractivity contribution in [2.24, 2.45) is 0 Å². The first-order valence-electron chi connectivity index (χ1n) is 4.93. The summed E-state index contributed by atoms with van der Waals surface area (Å²) in [5.41, 5.74) is 0.299. The minimum atomic E-state index is -0.0909. The molecule has 0 aliphatic rings. The second-order valence-corrected chi connectivity index (χ2v) is 5.31. The number of hydrogen-bond acceptors (Lipinski definition) is 1. The number of hydrogen-bond donors (Lipinski definition) is 0. The van der Waals surface area contributed by atoms with Gasteiger partial charge in [0.1, 0.15) is 0 Å². The fourth-order valence-electron chi connectivity index (χ4n) is 1.38. The number of benzene rings is 2. The predicted octanol–water partition coefficient (Wildman–Crippen LogP) is 3.10. The Morgan fingerprint density at radius 1 is 0.882 bits per heavy atom. The van der Waals surface area contributed by atoms with Gasteiger partial charge in [-0.15, -0.1) is 5.48 Å². The summed E-state index contributed by atoms with van der Waals surface area (Å²) in [6, 6.07) is 14.5. The summed E-state index contributed by atoms with van der Waals surface area (Å²) in [5.74, 6) is 0. The lowest BCUT2D eigenvalue weighted by atomic mass is 10.2. The molecule has 17 heavy (non-hydrogen) atoms. The number of rotatable bonds is 2. The molecule has 0 fully saturated rings. The van der Waals surface area contributed by atoms with E-state index in [1.165, 1.54) is 0 Å². The zero-order valence-corrected chi connectivity index (χ0v) is 11.1. The van der Waals surface area contributed by atoms with Crippen LogP contribution in [-0.2, 0) is 0 Å². The van der Waals surface area contributed by atoms with Crippen molar-refractivity contribution in [1.29, 1.82) is 0 Å². The highest BCUT2D eigenvalue weighted by Gasteiger charge is 2.03. The first kappa shape index (κ1) is 12.6. The van der Waals surface area contributed by atoms with E-state index in [4.69, 9.17) is 23.2 Å². The van der Waals surface area contributed by atoms with Crippen LogP contribution in [0.25, 0.3) is 0 Å². The fraction of sp³-hybridized carbons (Fsp3) is 0. The van der Waals surface area contributed by atoms with Gasteiger partial charge in [-0.3, -0.25) is 0 Å². The fourth-order valence-corrected chi connectivity index (χ4v) is 2.99. The second-order valence-electron chi connectivity index (χ2n) is 3.35. The molecule has 0 unspecified atom stereocenters. The molecule has 86 valence electrons. The summed E-state index contributed by atoms with van der Waals surface area (Å²) in [5, 5.41) is 13.8. The van der Waals surface area contributed by atoms with Gasteiger partial charge in [-0.25, -0.2) is 0 Å². The van der Waals surface area contributed by atoms with E-state index in [0.29, 0.717) is 23.8 Å². The Hall–Kier alpha value is -0.850. The Balaban J connectivity index is 2.44. The molecular formula is C13H8Cl2OP-. The van der Waals surface area contributed by atoms with E-state index in [9.17, 15) is 5.11 Å². The summed E-state index contributed by atoms with van der Waals surface area (Å²) in [7, 11) is 0.579. The van der Waals surface area contributed by atoms with Gasteiger partial charge in [0.2, 0.25) is 0 Å². The average Bonchev–Trinajstić information content (AvgIpc) is 2.30. The van der Waals surface area contributed by atoms with Crippen LogP contribution in [0.1, 0.15) is 5.56 Å². The van der Waals surface area contributed by atoms with Gasteiger partial charge in [0, 0.05) is 20.9 Å². The van der Waals surface area contributed by atoms with Crippen LogP contribution in [0.4, 0.5) is 0 Å². The highest BCUT2D eigenvalue weighted by Crippen LogP contribution is 2.25. The van der Waals surface area contributed by atoms with Crippen LogP contribution in [0.2, 0.25) is 10.0 Å². The monoisotopic (exact) mass is 281 g/mol. The number of halogens is 2. The minimum absolute atomic E-state index is 0.0909. The van der Waals surface area contributed by atoms with E-state index in [0.717, 1.165) is 5.30 Å². The highest BCUT2D eigenvalue weighted by atomic mass is 35.5. The molecule has 0 N–H and O–H groups in total. The average molecular weight is 282 g/mol. The second kappa shape index (κ2) is 5.66. The van der Waals surface area contributed by atoms with Gasteiger partial charge in [0.05, 0.1) is 0 Å². The molecule has 2 rings (SSSR count). The quantitative estimate of drug-likeness (QED) is 0.776. The largest absolute Gasteiger partial charge is 0.823 e. The van der Waals surface area contributed by atoms with Crippen LogP contribution in [0.15, 0.2) is 48.5 Å². The van der Waals surface area contributed by atoms with Crippen molar-refractivity contribution >= 4 is 42.2 Å². The summed E-state index contributed by atoms with van der Waals surface area (Å²) in [6.07, 6.45) is 0. The maximum atomic E-state index is 12.1. The Morgan fingerprint density at radius 3 is 2.06 bits per heavy atom. The maximum Gasteiger partial charge on any atom is 0.0486 e. The third-order valence-electron chi connectivity index (χ3n) is 2.16. The first-order valence-corrected chi connectivity index (χ1v) is 6.58. The molecule has 0 spiro atoms. The molecule has 0 saturated heterocycles. The van der Waals surface area contributed by atoms with Crippen LogP contribution in [0.3, 0.4) is 0 Å². The van der Waals surface area contributed by atoms with E-state index in [1.807, 2.05) is 30.3 Å². The minimum Gasteiger partial charge on any atom is -0.823 e. The van der Waals surface area contributed by atoms with E-state index >= 15 is 0 Å². The standard InChI is InChI=1S/C13H9Cl2OP/c14-10-7-4-8-11(15)12(10)13(16)17-9-5-2-1-3-6-9/h1-8,16H/p-1. The first-order chi connectivity index (χ1) is 8.18. The molecule has 0 aromatic heterocycles. The van der Waals surface area contributed by atoms with Crippen LogP contribution < -0.4 is 10.4 Å². The van der Waals surface area contributed by atoms with Crippen molar-refractivity contribution in [1.82, 2.24) is 0 Å². The lowest BCUT2D eigenvalue weighted by molar-refractivity contribution is -0.206. The van der Waals surface area contributed by atoms with Crippen molar-refractivity contribution in [3.63, 3.8) is 0 Å². The lowest BCUT2D eigenvalue weighted by Crippen LogP contribution is -2.18. The molecule has 0 saturated carbocycles. The van der Waals surface area contributed by atoms with Crippen molar-refractivity contribution in [2.75, 3.05) is 0 Å².